The lowest BCUT2D eigenvalue weighted by Gasteiger charge is -2.10. The van der Waals surface area contributed by atoms with E-state index in [0.29, 0.717) is 23.8 Å². The van der Waals surface area contributed by atoms with Crippen LogP contribution in [-0.2, 0) is 19.4 Å². The van der Waals surface area contributed by atoms with Crippen molar-refractivity contribution in [2.24, 2.45) is 0 Å². The van der Waals surface area contributed by atoms with Crippen molar-refractivity contribution in [3.8, 4) is 23.3 Å². The quantitative estimate of drug-likeness (QED) is 0.0601. The molecule has 1 atom stereocenters. The molecule has 228 valence electrons. The van der Waals surface area contributed by atoms with Crippen LogP contribution in [0.5, 0.6) is 0 Å². The first kappa shape index (κ1) is 32.4. The Labute approximate surface area is 257 Å². The number of non-ortho nitro benzene ring substituents is 1. The molecular formula is C26H21N5O10S3. The van der Waals surface area contributed by atoms with Crippen molar-refractivity contribution in [3.63, 3.8) is 0 Å². The van der Waals surface area contributed by atoms with E-state index in [1.54, 1.807) is 12.1 Å². The zero-order valence-corrected chi connectivity index (χ0v) is 25.0. The fraction of sp³-hybridized carbons (Fsp3) is 0.346. The molecule has 2 aliphatic rings. The number of carbonyl (C=O) groups is 1. The van der Waals surface area contributed by atoms with Gasteiger partial charge in [0.05, 0.1) is 42.6 Å². The second-order valence-electron chi connectivity index (χ2n) is 9.61. The summed E-state index contributed by atoms with van der Waals surface area (Å²) in [5, 5.41) is 55.3. The third kappa shape index (κ3) is 6.67. The first-order chi connectivity index (χ1) is 20.9. The van der Waals surface area contributed by atoms with Crippen molar-refractivity contribution in [3.05, 3.63) is 71.3 Å². The molecule has 2 aromatic rings. The smallest absolute Gasteiger partial charge is 0.305 e. The largest absolute Gasteiger partial charge is 0.465 e. The highest BCUT2D eigenvalue weighted by Crippen LogP contribution is 2.55. The summed E-state index contributed by atoms with van der Waals surface area (Å²) in [4.78, 5) is 44.1. The molecule has 0 radical (unpaired) electrons. The van der Waals surface area contributed by atoms with Crippen LogP contribution in [0.1, 0.15) is 43.2 Å². The molecule has 4 rings (SSSR count). The molecule has 1 unspecified atom stereocenters. The second kappa shape index (κ2) is 13.4. The van der Waals surface area contributed by atoms with Crippen LogP contribution in [0.4, 0.5) is 17.1 Å². The highest BCUT2D eigenvalue weighted by molar-refractivity contribution is 8.77. The number of esters is 1. The Morgan fingerprint density at radius 3 is 2.16 bits per heavy atom. The van der Waals surface area contributed by atoms with Gasteiger partial charge in [-0.3, -0.25) is 35.1 Å². The monoisotopic (exact) mass is 659 g/mol. The second-order valence-corrected chi connectivity index (χ2v) is 14.5. The Kier molecular flexibility index (Phi) is 9.88. The van der Waals surface area contributed by atoms with E-state index in [4.69, 9.17) is 4.74 Å². The third-order valence-electron chi connectivity index (χ3n) is 6.92. The number of allylic oxidation sites excluding steroid dienone is 1. The molecule has 0 spiro atoms. The highest BCUT2D eigenvalue weighted by atomic mass is 33.1. The molecule has 2 aromatic carbocycles. The summed E-state index contributed by atoms with van der Waals surface area (Å²) >= 11 is 0. The predicted octanol–water partition coefficient (Wildman–Crippen LogP) is 5.27. The van der Waals surface area contributed by atoms with Crippen molar-refractivity contribution in [2.75, 3.05) is 18.1 Å². The van der Waals surface area contributed by atoms with Crippen LogP contribution < -0.4 is 0 Å². The van der Waals surface area contributed by atoms with E-state index in [2.05, 4.69) is 0 Å². The Morgan fingerprint density at radius 1 is 0.955 bits per heavy atom. The van der Waals surface area contributed by atoms with Crippen molar-refractivity contribution >= 4 is 60.0 Å². The van der Waals surface area contributed by atoms with Gasteiger partial charge in [0.1, 0.15) is 24.3 Å². The molecule has 0 bridgehead atoms. The topological polar surface area (TPSA) is 237 Å². The predicted molar refractivity (Wildman–Crippen MR) is 159 cm³/mol. The lowest BCUT2D eigenvalue weighted by atomic mass is 9.98. The number of hydrogen-bond donors (Lipinski definition) is 0. The average molecular weight is 660 g/mol. The van der Waals surface area contributed by atoms with Crippen LogP contribution in [-0.4, -0.2) is 52.5 Å². The van der Waals surface area contributed by atoms with E-state index in [9.17, 15) is 54.1 Å². The molecule has 15 nitrogen and oxygen atoms in total. The van der Waals surface area contributed by atoms with E-state index < -0.39 is 87.2 Å². The number of sulfone groups is 1. The van der Waals surface area contributed by atoms with Crippen molar-refractivity contribution in [2.45, 2.75) is 42.2 Å². The number of hydrogen-bond acceptors (Lipinski definition) is 14. The maximum absolute atomic E-state index is 13.2. The third-order valence-corrected chi connectivity index (χ3v) is 11.6. The number of nitro benzene ring substituents is 3. The van der Waals surface area contributed by atoms with E-state index >= 15 is 0 Å². The molecule has 0 saturated carbocycles. The number of fused-ring (bicyclic) bond motifs is 3. The fourth-order valence-electron chi connectivity index (χ4n) is 4.92. The van der Waals surface area contributed by atoms with Gasteiger partial charge < -0.3 is 4.74 Å². The van der Waals surface area contributed by atoms with Gasteiger partial charge in [0, 0.05) is 46.3 Å². The standard InChI is InChI=1S/C26H21N5O10S3/c27-13-15(14-28)24-19-9-16(29(33)34)10-21(30(35)36)25(19)26-20(24)11-18(12-22(26)31(37)38)44(39,40)8-6-41-23(32)4-2-1-3-17-5-7-42-43-17/h9-12,17H,1-8H2. The summed E-state index contributed by atoms with van der Waals surface area (Å²) in [6.45, 7) is -0.552. The summed E-state index contributed by atoms with van der Waals surface area (Å²) in [7, 11) is -0.736. The van der Waals surface area contributed by atoms with Crippen molar-refractivity contribution in [1.29, 1.82) is 10.5 Å². The van der Waals surface area contributed by atoms with E-state index in [1.165, 1.54) is 0 Å². The maximum Gasteiger partial charge on any atom is 0.305 e. The minimum absolute atomic E-state index is 0.0946. The van der Waals surface area contributed by atoms with E-state index in [0.717, 1.165) is 37.1 Å². The summed E-state index contributed by atoms with van der Waals surface area (Å²) in [6.07, 6.45) is 3.57. The maximum atomic E-state index is 13.2. The number of nitriles is 2. The summed E-state index contributed by atoms with van der Waals surface area (Å²) in [6, 6.07) is 6.12. The van der Waals surface area contributed by atoms with Crippen LogP contribution in [0, 0.1) is 53.0 Å². The number of nitrogens with zero attached hydrogens (tertiary/aromatic N) is 5. The Morgan fingerprint density at radius 2 is 1.59 bits per heavy atom. The minimum atomic E-state index is -4.38. The Balaban J connectivity index is 1.67. The van der Waals surface area contributed by atoms with Gasteiger partial charge >= 0.3 is 5.97 Å². The average Bonchev–Trinajstić information content (AvgIpc) is 3.61. The fourth-order valence-corrected chi connectivity index (χ4v) is 9.07. The number of ether oxygens (including phenoxy) is 1. The molecule has 1 aliphatic carbocycles. The number of benzene rings is 2. The number of rotatable bonds is 12. The molecule has 1 aliphatic heterocycles. The molecule has 0 aromatic heterocycles. The van der Waals surface area contributed by atoms with Crippen LogP contribution >= 0.6 is 21.6 Å². The molecule has 0 N–H and O–H groups in total. The highest BCUT2D eigenvalue weighted by Gasteiger charge is 2.41. The van der Waals surface area contributed by atoms with Crippen molar-refractivity contribution in [1.82, 2.24) is 0 Å². The molecule has 44 heavy (non-hydrogen) atoms. The van der Waals surface area contributed by atoms with Gasteiger partial charge in [-0.2, -0.15) is 10.5 Å². The first-order valence-corrected chi connectivity index (χ1v) is 16.9. The molecule has 0 amide bonds. The normalized spacial score (nSPS) is 15.0. The van der Waals surface area contributed by atoms with Crippen LogP contribution in [0.15, 0.2) is 34.7 Å². The van der Waals surface area contributed by atoms with Crippen molar-refractivity contribution < 1.29 is 32.7 Å². The van der Waals surface area contributed by atoms with Gasteiger partial charge in [0.15, 0.2) is 9.84 Å². The SMILES string of the molecule is N#CC(C#N)=C1c2cc([N+](=O)[O-])cc([N+](=O)[O-])c2-c2c1cc(S(=O)(=O)CCOC(=O)CCCCC1CCSS1)cc2[N+](=O)[O-]. The van der Waals surface area contributed by atoms with E-state index in [-0.39, 0.29) is 17.5 Å². The van der Waals surface area contributed by atoms with Crippen LogP contribution in [0.25, 0.3) is 16.7 Å². The van der Waals surface area contributed by atoms with Crippen LogP contribution in [0.2, 0.25) is 0 Å². The van der Waals surface area contributed by atoms with E-state index in [1.807, 2.05) is 21.6 Å². The number of nitro groups is 3. The van der Waals surface area contributed by atoms with Gasteiger partial charge in [-0.25, -0.2) is 8.42 Å². The lowest BCUT2D eigenvalue weighted by molar-refractivity contribution is -0.394. The van der Waals surface area contributed by atoms with Gasteiger partial charge in [-0.1, -0.05) is 28.0 Å². The molecular weight excluding hydrogens is 639 g/mol. The Hall–Kier alpha value is -4.52. The van der Waals surface area contributed by atoms with Gasteiger partial charge in [-0.15, -0.1) is 0 Å². The minimum Gasteiger partial charge on any atom is -0.465 e. The zero-order chi connectivity index (χ0) is 32.2. The molecule has 18 heteroatoms. The van der Waals surface area contributed by atoms with Crippen LogP contribution in [0.3, 0.4) is 0 Å². The Bertz CT molecular complexity index is 1790. The summed E-state index contributed by atoms with van der Waals surface area (Å²) in [5.74, 6) is -0.258. The van der Waals surface area contributed by atoms with Gasteiger partial charge in [-0.05, 0) is 25.3 Å². The lowest BCUT2D eigenvalue weighted by Crippen LogP contribution is -2.16. The summed E-state index contributed by atoms with van der Waals surface area (Å²) < 4.78 is 31.6. The molecule has 1 saturated heterocycles. The van der Waals surface area contributed by atoms with Gasteiger partial charge in [0.2, 0.25) is 0 Å². The zero-order valence-electron chi connectivity index (χ0n) is 22.6. The molecule has 1 heterocycles. The first-order valence-electron chi connectivity index (χ1n) is 12.9. The number of unbranched alkanes of at least 4 members (excludes halogenated alkanes) is 1. The molecule has 1 fully saturated rings. The number of carbonyl (C=O) groups excluding carboxylic acids is 1. The van der Waals surface area contributed by atoms with Gasteiger partial charge in [0.25, 0.3) is 17.1 Å². The summed E-state index contributed by atoms with van der Waals surface area (Å²) in [5.41, 5.74) is -5.41.